The van der Waals surface area contributed by atoms with Crippen molar-refractivity contribution < 1.29 is 13.5 Å². The van der Waals surface area contributed by atoms with Crippen LogP contribution in [-0.2, 0) is 10.0 Å². The first-order chi connectivity index (χ1) is 7.55. The number of aliphatic hydroxyl groups excluding tert-OH is 1. The normalized spacial score (nSPS) is 10.6. The van der Waals surface area contributed by atoms with E-state index in [1.165, 1.54) is 6.07 Å². The van der Waals surface area contributed by atoms with Crippen LogP contribution in [0.1, 0.15) is 18.4 Å². The quantitative estimate of drug-likeness (QED) is 0.594. The maximum atomic E-state index is 11.2. The molecule has 0 amide bonds. The maximum absolute atomic E-state index is 11.2. The molecule has 0 saturated heterocycles. The van der Waals surface area contributed by atoms with Gasteiger partial charge < -0.3 is 5.11 Å². The second-order valence-electron chi connectivity index (χ2n) is 3.17. The van der Waals surface area contributed by atoms with Gasteiger partial charge in [0.2, 0.25) is 10.0 Å². The van der Waals surface area contributed by atoms with E-state index >= 15 is 0 Å². The highest BCUT2D eigenvalue weighted by Gasteiger charge is 2.10. The van der Waals surface area contributed by atoms with Crippen LogP contribution < -0.4 is 5.14 Å². The molecule has 1 rings (SSSR count). The van der Waals surface area contributed by atoms with Gasteiger partial charge in [0.15, 0.2) is 0 Å². The van der Waals surface area contributed by atoms with E-state index in [2.05, 4.69) is 11.8 Å². The molecule has 1 aromatic carbocycles. The van der Waals surface area contributed by atoms with Crippen molar-refractivity contribution in [3.63, 3.8) is 0 Å². The molecule has 4 nitrogen and oxygen atoms in total. The number of unbranched alkanes of at least 4 members (excludes halogenated alkanes) is 1. The Labute approximate surface area is 95.2 Å². The predicted octanol–water partition coefficient (Wildman–Crippen LogP) is 0.458. The number of benzene rings is 1. The van der Waals surface area contributed by atoms with Gasteiger partial charge in [0.1, 0.15) is 0 Å². The lowest BCUT2D eigenvalue weighted by Gasteiger charge is -2.00. The van der Waals surface area contributed by atoms with Crippen molar-refractivity contribution in [3.05, 3.63) is 29.8 Å². The zero-order chi connectivity index (χ0) is 12.0. The summed E-state index contributed by atoms with van der Waals surface area (Å²) in [5.74, 6) is 5.52. The second-order valence-corrected chi connectivity index (χ2v) is 4.70. The summed E-state index contributed by atoms with van der Waals surface area (Å²) >= 11 is 0. The van der Waals surface area contributed by atoms with Gasteiger partial charge in [0, 0.05) is 18.6 Å². The molecule has 0 atom stereocenters. The lowest BCUT2D eigenvalue weighted by molar-refractivity contribution is 0.290. The first kappa shape index (κ1) is 12.7. The van der Waals surface area contributed by atoms with Crippen LogP contribution in [0, 0.1) is 11.8 Å². The highest BCUT2D eigenvalue weighted by Crippen LogP contribution is 2.12. The Bertz CT molecular complexity index is 512. The van der Waals surface area contributed by atoms with Gasteiger partial charge in [-0.05, 0) is 18.6 Å². The molecule has 0 aromatic heterocycles. The van der Waals surface area contributed by atoms with E-state index < -0.39 is 10.0 Å². The van der Waals surface area contributed by atoms with Crippen molar-refractivity contribution in [2.75, 3.05) is 6.61 Å². The number of hydrogen-bond acceptors (Lipinski definition) is 3. The van der Waals surface area contributed by atoms with E-state index in [0.717, 1.165) is 0 Å². The fourth-order valence-electron chi connectivity index (χ4n) is 1.14. The van der Waals surface area contributed by atoms with E-state index in [1.807, 2.05) is 0 Å². The van der Waals surface area contributed by atoms with Gasteiger partial charge in [-0.25, -0.2) is 13.6 Å². The highest BCUT2D eigenvalue weighted by molar-refractivity contribution is 7.89. The van der Waals surface area contributed by atoms with E-state index in [0.29, 0.717) is 18.4 Å². The summed E-state index contributed by atoms with van der Waals surface area (Å²) < 4.78 is 22.4. The van der Waals surface area contributed by atoms with Crippen LogP contribution in [0.3, 0.4) is 0 Å². The monoisotopic (exact) mass is 239 g/mol. The lowest BCUT2D eigenvalue weighted by Crippen LogP contribution is -2.13. The largest absolute Gasteiger partial charge is 0.396 e. The average molecular weight is 239 g/mol. The number of primary sulfonamides is 1. The van der Waals surface area contributed by atoms with Gasteiger partial charge >= 0.3 is 0 Å². The minimum absolute atomic E-state index is 0.0338. The van der Waals surface area contributed by atoms with Crippen LogP contribution in [0.2, 0.25) is 0 Å². The molecular weight excluding hydrogens is 226 g/mol. The summed E-state index contributed by atoms with van der Waals surface area (Å²) in [6, 6.07) is 6.32. The summed E-state index contributed by atoms with van der Waals surface area (Å²) in [4.78, 5) is 0.0338. The zero-order valence-electron chi connectivity index (χ0n) is 8.68. The summed E-state index contributed by atoms with van der Waals surface area (Å²) in [6.07, 6.45) is 1.10. The number of rotatable bonds is 3. The van der Waals surface area contributed by atoms with Crippen LogP contribution in [-0.4, -0.2) is 20.1 Å². The third-order valence-electron chi connectivity index (χ3n) is 1.88. The molecule has 0 bridgehead atoms. The maximum Gasteiger partial charge on any atom is 0.239 e. The third-order valence-corrected chi connectivity index (χ3v) is 2.85. The molecule has 0 aliphatic heterocycles. The third kappa shape index (κ3) is 3.66. The first-order valence-electron chi connectivity index (χ1n) is 4.77. The van der Waals surface area contributed by atoms with Gasteiger partial charge in [-0.1, -0.05) is 24.0 Å². The minimum Gasteiger partial charge on any atom is -0.396 e. The van der Waals surface area contributed by atoms with Gasteiger partial charge in [-0.15, -0.1) is 0 Å². The van der Waals surface area contributed by atoms with Crippen molar-refractivity contribution in [2.45, 2.75) is 17.7 Å². The smallest absolute Gasteiger partial charge is 0.239 e. The van der Waals surface area contributed by atoms with Gasteiger partial charge in [0.05, 0.1) is 4.90 Å². The fourth-order valence-corrected chi connectivity index (χ4v) is 1.84. The Morgan fingerprint density at radius 1 is 1.31 bits per heavy atom. The standard InChI is InChI=1S/C11H13NO3S/c12-16(14,15)11-8-4-3-7-10(11)6-2-1-5-9-13/h3-4,7-8,13H,1,5,9H2,(H2,12,14,15). The summed E-state index contributed by atoms with van der Waals surface area (Å²) in [5.41, 5.74) is 0.392. The van der Waals surface area contributed by atoms with Gasteiger partial charge in [-0.2, -0.15) is 0 Å². The molecule has 0 aliphatic carbocycles. The SMILES string of the molecule is NS(=O)(=O)c1ccccc1C#CCCCO. The molecular formula is C11H13NO3S. The Morgan fingerprint density at radius 3 is 2.62 bits per heavy atom. The molecule has 1 aromatic rings. The Hall–Kier alpha value is -1.35. The highest BCUT2D eigenvalue weighted by atomic mass is 32.2. The van der Waals surface area contributed by atoms with Crippen LogP contribution >= 0.6 is 0 Å². The van der Waals surface area contributed by atoms with Crippen molar-refractivity contribution in [3.8, 4) is 11.8 Å². The summed E-state index contributed by atoms with van der Waals surface area (Å²) in [5, 5.41) is 13.6. The van der Waals surface area contributed by atoms with E-state index in [1.54, 1.807) is 18.2 Å². The Kier molecular flexibility index (Phi) is 4.50. The number of sulfonamides is 1. The number of hydrogen-bond donors (Lipinski definition) is 2. The van der Waals surface area contributed by atoms with Gasteiger partial charge in [-0.3, -0.25) is 0 Å². The second kappa shape index (κ2) is 5.66. The first-order valence-corrected chi connectivity index (χ1v) is 6.32. The summed E-state index contributed by atoms with van der Waals surface area (Å²) in [6.45, 7) is 0.0749. The van der Waals surface area contributed by atoms with Crippen molar-refractivity contribution in [2.24, 2.45) is 5.14 Å². The molecule has 0 aliphatic rings. The van der Waals surface area contributed by atoms with Crippen molar-refractivity contribution >= 4 is 10.0 Å². The van der Waals surface area contributed by atoms with Crippen LogP contribution in [0.5, 0.6) is 0 Å². The van der Waals surface area contributed by atoms with Gasteiger partial charge in [0.25, 0.3) is 0 Å². The summed E-state index contributed by atoms with van der Waals surface area (Å²) in [7, 11) is -3.73. The molecule has 0 unspecified atom stereocenters. The van der Waals surface area contributed by atoms with Crippen LogP contribution in [0.4, 0.5) is 0 Å². The molecule has 0 heterocycles. The van der Waals surface area contributed by atoms with E-state index in [9.17, 15) is 8.42 Å². The van der Waals surface area contributed by atoms with Crippen molar-refractivity contribution in [1.82, 2.24) is 0 Å². The zero-order valence-corrected chi connectivity index (χ0v) is 9.50. The average Bonchev–Trinajstić information content (AvgIpc) is 2.24. The Morgan fingerprint density at radius 2 is 2.00 bits per heavy atom. The molecule has 3 N–H and O–H groups in total. The van der Waals surface area contributed by atoms with E-state index in [4.69, 9.17) is 10.2 Å². The Balaban J connectivity index is 3.00. The lowest BCUT2D eigenvalue weighted by atomic mass is 10.2. The van der Waals surface area contributed by atoms with Crippen molar-refractivity contribution in [1.29, 1.82) is 0 Å². The van der Waals surface area contributed by atoms with Crippen LogP contribution in [0.25, 0.3) is 0 Å². The molecule has 0 saturated carbocycles. The molecule has 16 heavy (non-hydrogen) atoms. The fraction of sp³-hybridized carbons (Fsp3) is 0.273. The van der Waals surface area contributed by atoms with Crippen LogP contribution in [0.15, 0.2) is 29.2 Å². The molecule has 86 valence electrons. The number of nitrogens with two attached hydrogens (primary N) is 1. The topological polar surface area (TPSA) is 80.4 Å². The molecule has 5 heteroatoms. The molecule has 0 radical (unpaired) electrons. The number of aliphatic hydroxyl groups is 1. The van der Waals surface area contributed by atoms with E-state index in [-0.39, 0.29) is 11.5 Å². The predicted molar refractivity (Wildman–Crippen MR) is 61.0 cm³/mol. The molecule has 0 fully saturated rings. The minimum atomic E-state index is -3.73. The molecule has 0 spiro atoms.